The average molecular weight is 260 g/mol. The van der Waals surface area contributed by atoms with Gasteiger partial charge in [0.05, 0.1) is 5.69 Å². The van der Waals surface area contributed by atoms with E-state index in [9.17, 15) is 0 Å². The number of imidazole rings is 1. The van der Waals surface area contributed by atoms with E-state index in [0.717, 1.165) is 29.4 Å². The number of pyridine rings is 1. The largest absolute Gasteiger partial charge is 0.362 e. The van der Waals surface area contributed by atoms with E-state index in [1.165, 1.54) is 12.8 Å². The summed E-state index contributed by atoms with van der Waals surface area (Å²) < 4.78 is 2.04. The van der Waals surface area contributed by atoms with Crippen molar-refractivity contribution in [3.8, 4) is 0 Å². The molecule has 2 aromatic rings. The maximum atomic E-state index is 5.20. The Morgan fingerprint density at radius 2 is 2.33 bits per heavy atom. The summed E-state index contributed by atoms with van der Waals surface area (Å²) in [7, 11) is 0. The first-order valence-electron chi connectivity index (χ1n) is 6.28. The van der Waals surface area contributed by atoms with Crippen LogP contribution in [0.25, 0.3) is 5.65 Å². The molecule has 5 heteroatoms. The second-order valence-electron chi connectivity index (χ2n) is 4.62. The Labute approximate surface area is 111 Å². The van der Waals surface area contributed by atoms with Gasteiger partial charge in [0.25, 0.3) is 0 Å². The molecule has 0 unspecified atom stereocenters. The zero-order valence-electron chi connectivity index (χ0n) is 10.1. The van der Waals surface area contributed by atoms with Crippen LogP contribution in [-0.4, -0.2) is 27.1 Å². The van der Waals surface area contributed by atoms with Crippen molar-refractivity contribution in [1.29, 1.82) is 0 Å². The summed E-state index contributed by atoms with van der Waals surface area (Å²) >= 11 is 5.20. The molecule has 0 saturated heterocycles. The third kappa shape index (κ3) is 2.79. The lowest BCUT2D eigenvalue weighted by atomic mass is 10.3. The Morgan fingerprint density at radius 3 is 3.11 bits per heavy atom. The maximum absolute atomic E-state index is 5.20. The standard InChI is InChI=1S/C13H16N4S/c18-13(16-10-4-5-10)14-7-6-11-9-17-8-2-1-3-12(17)15-11/h1-3,8-10H,4-7H2,(H2,14,16,18). The summed E-state index contributed by atoms with van der Waals surface area (Å²) in [5.41, 5.74) is 2.08. The number of hydrogen-bond acceptors (Lipinski definition) is 2. The summed E-state index contributed by atoms with van der Waals surface area (Å²) in [6, 6.07) is 6.63. The van der Waals surface area contributed by atoms with Gasteiger partial charge in [0.1, 0.15) is 5.65 Å². The number of aromatic nitrogens is 2. The van der Waals surface area contributed by atoms with E-state index in [1.54, 1.807) is 0 Å². The zero-order valence-corrected chi connectivity index (χ0v) is 10.9. The van der Waals surface area contributed by atoms with Gasteiger partial charge in [-0.15, -0.1) is 0 Å². The molecule has 2 aromatic heterocycles. The van der Waals surface area contributed by atoms with Crippen molar-refractivity contribution in [2.75, 3.05) is 6.54 Å². The van der Waals surface area contributed by atoms with Crippen molar-refractivity contribution in [3.05, 3.63) is 36.3 Å². The van der Waals surface area contributed by atoms with Crippen LogP contribution in [0.3, 0.4) is 0 Å². The molecule has 2 N–H and O–H groups in total. The molecule has 0 aliphatic heterocycles. The van der Waals surface area contributed by atoms with Crippen LogP contribution in [0.5, 0.6) is 0 Å². The fourth-order valence-corrected chi connectivity index (χ4v) is 2.14. The Morgan fingerprint density at radius 1 is 1.44 bits per heavy atom. The molecule has 0 aromatic carbocycles. The molecular formula is C13H16N4S. The molecule has 0 amide bonds. The van der Waals surface area contributed by atoms with Crippen molar-refractivity contribution in [1.82, 2.24) is 20.0 Å². The van der Waals surface area contributed by atoms with Gasteiger partial charge in [-0.2, -0.15) is 0 Å². The minimum Gasteiger partial charge on any atom is -0.362 e. The van der Waals surface area contributed by atoms with Crippen molar-refractivity contribution in [2.24, 2.45) is 0 Å². The second-order valence-corrected chi connectivity index (χ2v) is 5.03. The molecule has 0 atom stereocenters. The Hall–Kier alpha value is -1.62. The van der Waals surface area contributed by atoms with Gasteiger partial charge in [0.15, 0.2) is 5.11 Å². The quantitative estimate of drug-likeness (QED) is 0.818. The van der Waals surface area contributed by atoms with Gasteiger partial charge in [-0.25, -0.2) is 4.98 Å². The number of fused-ring (bicyclic) bond motifs is 1. The molecule has 0 spiro atoms. The molecule has 2 heterocycles. The Bertz CT molecular complexity index is 526. The smallest absolute Gasteiger partial charge is 0.166 e. The fourth-order valence-electron chi connectivity index (χ4n) is 1.88. The van der Waals surface area contributed by atoms with Gasteiger partial charge in [-0.1, -0.05) is 6.07 Å². The lowest BCUT2D eigenvalue weighted by molar-refractivity contribution is 0.803. The average Bonchev–Trinajstić information content (AvgIpc) is 3.07. The first-order valence-corrected chi connectivity index (χ1v) is 6.69. The summed E-state index contributed by atoms with van der Waals surface area (Å²) in [5.74, 6) is 0. The highest BCUT2D eigenvalue weighted by atomic mass is 32.1. The monoisotopic (exact) mass is 260 g/mol. The van der Waals surface area contributed by atoms with Crippen LogP contribution in [0.1, 0.15) is 18.5 Å². The van der Waals surface area contributed by atoms with E-state index in [0.29, 0.717) is 6.04 Å². The van der Waals surface area contributed by atoms with E-state index in [4.69, 9.17) is 12.2 Å². The number of thiocarbonyl (C=S) groups is 1. The van der Waals surface area contributed by atoms with E-state index < -0.39 is 0 Å². The summed E-state index contributed by atoms with van der Waals surface area (Å²) in [6.07, 6.45) is 7.45. The molecular weight excluding hydrogens is 244 g/mol. The Kier molecular flexibility index (Phi) is 3.15. The summed E-state index contributed by atoms with van der Waals surface area (Å²) in [4.78, 5) is 4.54. The first kappa shape index (κ1) is 11.5. The normalized spacial score (nSPS) is 14.7. The predicted molar refractivity (Wildman–Crippen MR) is 75.7 cm³/mol. The molecule has 3 rings (SSSR count). The maximum Gasteiger partial charge on any atom is 0.166 e. The van der Waals surface area contributed by atoms with Gasteiger partial charge in [-0.05, 0) is 37.2 Å². The summed E-state index contributed by atoms with van der Waals surface area (Å²) in [5, 5.41) is 7.24. The number of nitrogens with zero attached hydrogens (tertiary/aromatic N) is 2. The highest BCUT2D eigenvalue weighted by Gasteiger charge is 2.21. The third-order valence-electron chi connectivity index (χ3n) is 2.99. The van der Waals surface area contributed by atoms with E-state index in [2.05, 4.69) is 21.8 Å². The molecule has 1 fully saturated rings. The van der Waals surface area contributed by atoms with Crippen LogP contribution in [0.4, 0.5) is 0 Å². The minimum absolute atomic E-state index is 0.611. The minimum atomic E-state index is 0.611. The van der Waals surface area contributed by atoms with Gasteiger partial charge >= 0.3 is 0 Å². The zero-order chi connectivity index (χ0) is 12.4. The van der Waals surface area contributed by atoms with Crippen LogP contribution in [0.2, 0.25) is 0 Å². The van der Waals surface area contributed by atoms with Crippen LogP contribution in [0, 0.1) is 0 Å². The van der Waals surface area contributed by atoms with Crippen LogP contribution in [-0.2, 0) is 6.42 Å². The number of rotatable bonds is 4. The fraction of sp³-hybridized carbons (Fsp3) is 0.385. The molecule has 18 heavy (non-hydrogen) atoms. The van der Waals surface area contributed by atoms with Gasteiger partial charge < -0.3 is 15.0 Å². The molecule has 1 aliphatic carbocycles. The van der Waals surface area contributed by atoms with Crippen LogP contribution < -0.4 is 10.6 Å². The van der Waals surface area contributed by atoms with Crippen molar-refractivity contribution < 1.29 is 0 Å². The molecule has 0 radical (unpaired) electrons. The molecule has 1 aliphatic rings. The molecule has 4 nitrogen and oxygen atoms in total. The first-order chi connectivity index (χ1) is 8.81. The van der Waals surface area contributed by atoms with Crippen LogP contribution in [0.15, 0.2) is 30.6 Å². The highest BCUT2D eigenvalue weighted by molar-refractivity contribution is 7.80. The lowest BCUT2D eigenvalue weighted by Gasteiger charge is -2.08. The topological polar surface area (TPSA) is 41.4 Å². The predicted octanol–water partition coefficient (Wildman–Crippen LogP) is 1.50. The van der Waals surface area contributed by atoms with Crippen LogP contribution >= 0.6 is 12.2 Å². The van der Waals surface area contributed by atoms with E-state index in [1.807, 2.05) is 28.8 Å². The Balaban J connectivity index is 1.51. The number of nitrogens with one attached hydrogen (secondary N) is 2. The SMILES string of the molecule is S=C(NCCc1cn2ccccc2n1)NC1CC1. The molecule has 1 saturated carbocycles. The summed E-state index contributed by atoms with van der Waals surface area (Å²) in [6.45, 7) is 0.822. The van der Waals surface area contributed by atoms with E-state index in [-0.39, 0.29) is 0 Å². The van der Waals surface area contributed by atoms with Crippen molar-refractivity contribution in [3.63, 3.8) is 0 Å². The van der Waals surface area contributed by atoms with Gasteiger partial charge in [0, 0.05) is 31.4 Å². The molecule has 0 bridgehead atoms. The van der Waals surface area contributed by atoms with Crippen molar-refractivity contribution in [2.45, 2.75) is 25.3 Å². The third-order valence-corrected chi connectivity index (χ3v) is 3.26. The van der Waals surface area contributed by atoms with E-state index >= 15 is 0 Å². The molecule has 94 valence electrons. The van der Waals surface area contributed by atoms with Crippen molar-refractivity contribution >= 4 is 23.0 Å². The van der Waals surface area contributed by atoms with Gasteiger partial charge in [0.2, 0.25) is 0 Å². The second kappa shape index (κ2) is 4.94. The number of hydrogen-bond donors (Lipinski definition) is 2. The lowest BCUT2D eigenvalue weighted by Crippen LogP contribution is -2.37. The van der Waals surface area contributed by atoms with Gasteiger partial charge in [-0.3, -0.25) is 0 Å². The highest BCUT2D eigenvalue weighted by Crippen LogP contribution is 2.18.